The molecule has 152 valence electrons. The zero-order chi connectivity index (χ0) is 19.2. The number of allylic oxidation sites excluding steroid dienone is 4. The second kappa shape index (κ2) is 14.1. The second-order valence-corrected chi connectivity index (χ2v) is 9.21. The quantitative estimate of drug-likeness (QED) is 0.283. The molecule has 0 aliphatic heterocycles. The summed E-state index contributed by atoms with van der Waals surface area (Å²) in [5.74, 6) is 10.1. The predicted octanol–water partition coefficient (Wildman–Crippen LogP) is 8.49. The molecule has 0 aromatic rings. The Labute approximate surface area is 170 Å². The molecule has 0 radical (unpaired) electrons. The van der Waals surface area contributed by atoms with Crippen molar-refractivity contribution in [3.8, 4) is 11.8 Å². The van der Waals surface area contributed by atoms with Crippen molar-refractivity contribution in [1.29, 1.82) is 0 Å². The lowest BCUT2D eigenvalue weighted by Crippen LogP contribution is -2.13. The van der Waals surface area contributed by atoms with Crippen molar-refractivity contribution in [2.45, 2.75) is 110 Å². The van der Waals surface area contributed by atoms with E-state index in [1.165, 1.54) is 96.3 Å². The van der Waals surface area contributed by atoms with Gasteiger partial charge < -0.3 is 0 Å². The Hall–Kier alpha value is -0.960. The monoisotopic (exact) mass is 368 g/mol. The fourth-order valence-corrected chi connectivity index (χ4v) is 5.07. The maximum absolute atomic E-state index is 3.24. The molecule has 0 spiro atoms. The Balaban J connectivity index is 1.56. The summed E-state index contributed by atoms with van der Waals surface area (Å²) in [6.45, 7) is 4.62. The normalized spacial score (nSPS) is 29.1. The molecule has 0 heteroatoms. The van der Waals surface area contributed by atoms with E-state index in [0.717, 1.165) is 23.7 Å². The summed E-state index contributed by atoms with van der Waals surface area (Å²) in [5, 5.41) is 0. The van der Waals surface area contributed by atoms with Crippen LogP contribution in [0.5, 0.6) is 0 Å². The van der Waals surface area contributed by atoms with E-state index in [4.69, 9.17) is 0 Å². The van der Waals surface area contributed by atoms with E-state index in [0.29, 0.717) is 0 Å². The van der Waals surface area contributed by atoms with Gasteiger partial charge in [0.1, 0.15) is 0 Å². The summed E-state index contributed by atoms with van der Waals surface area (Å²) in [4.78, 5) is 0. The van der Waals surface area contributed by atoms with Crippen molar-refractivity contribution in [2.24, 2.45) is 23.7 Å². The minimum atomic E-state index is 0.781. The van der Waals surface area contributed by atoms with Crippen molar-refractivity contribution in [1.82, 2.24) is 0 Å². The van der Waals surface area contributed by atoms with E-state index in [-0.39, 0.29) is 0 Å². The number of unbranched alkanes of at least 4 members (excludes halogenated alkanes) is 3. The summed E-state index contributed by atoms with van der Waals surface area (Å²) in [6, 6.07) is 0. The van der Waals surface area contributed by atoms with E-state index in [1.807, 2.05) is 0 Å². The lowest BCUT2D eigenvalue weighted by atomic mass is 9.79. The molecule has 0 heterocycles. The van der Waals surface area contributed by atoms with Crippen LogP contribution in [0.15, 0.2) is 24.3 Å². The molecule has 0 saturated heterocycles. The van der Waals surface area contributed by atoms with Crippen LogP contribution in [0, 0.1) is 35.5 Å². The maximum atomic E-state index is 3.24. The third kappa shape index (κ3) is 9.69. The topological polar surface area (TPSA) is 0 Å². The van der Waals surface area contributed by atoms with Crippen LogP contribution in [-0.4, -0.2) is 0 Å². The molecule has 0 atom stereocenters. The van der Waals surface area contributed by atoms with Crippen LogP contribution in [0.1, 0.15) is 110 Å². The average Bonchev–Trinajstić information content (AvgIpc) is 2.70. The molecule has 2 saturated carbocycles. The van der Waals surface area contributed by atoms with E-state index in [1.54, 1.807) is 0 Å². The lowest BCUT2D eigenvalue weighted by molar-refractivity contribution is 0.289. The molecular formula is C27H44. The van der Waals surface area contributed by atoms with Gasteiger partial charge in [-0.2, -0.15) is 0 Å². The van der Waals surface area contributed by atoms with E-state index < -0.39 is 0 Å². The Kier molecular flexibility index (Phi) is 11.7. The summed E-state index contributed by atoms with van der Waals surface area (Å²) in [7, 11) is 0. The summed E-state index contributed by atoms with van der Waals surface area (Å²) in [5.41, 5.74) is 0. The van der Waals surface area contributed by atoms with Crippen molar-refractivity contribution in [3.05, 3.63) is 24.3 Å². The van der Waals surface area contributed by atoms with Gasteiger partial charge in [-0.25, -0.2) is 0 Å². The molecule has 0 amide bonds. The first kappa shape index (κ1) is 22.3. The Bertz CT molecular complexity index is 470. The van der Waals surface area contributed by atoms with Gasteiger partial charge in [-0.05, 0) is 87.2 Å². The number of rotatable bonds is 9. The van der Waals surface area contributed by atoms with Crippen LogP contribution in [0.25, 0.3) is 0 Å². The van der Waals surface area contributed by atoms with Gasteiger partial charge in [0.15, 0.2) is 0 Å². The highest BCUT2D eigenvalue weighted by Crippen LogP contribution is 2.33. The third-order valence-electron chi connectivity index (χ3n) is 6.93. The zero-order valence-electron chi connectivity index (χ0n) is 18.2. The van der Waals surface area contributed by atoms with Crippen LogP contribution in [0.4, 0.5) is 0 Å². The molecule has 0 N–H and O–H groups in total. The molecular weight excluding hydrogens is 324 g/mol. The molecule has 0 unspecified atom stereocenters. The SMILES string of the molecule is CCCCCC[C@H]1CC[C@H](C=CC#CC=C[C@H]2CC[C@H](CCC)CC2)CC1. The Morgan fingerprint density at radius 2 is 1.11 bits per heavy atom. The van der Waals surface area contributed by atoms with Gasteiger partial charge in [0.25, 0.3) is 0 Å². The molecule has 2 rings (SSSR count). The van der Waals surface area contributed by atoms with E-state index in [9.17, 15) is 0 Å². The molecule has 0 aromatic heterocycles. The average molecular weight is 369 g/mol. The van der Waals surface area contributed by atoms with Crippen LogP contribution >= 0.6 is 0 Å². The van der Waals surface area contributed by atoms with Crippen molar-refractivity contribution >= 4 is 0 Å². The zero-order valence-corrected chi connectivity index (χ0v) is 18.2. The Morgan fingerprint density at radius 1 is 0.593 bits per heavy atom. The van der Waals surface area contributed by atoms with Crippen LogP contribution in [0.2, 0.25) is 0 Å². The first-order valence-corrected chi connectivity index (χ1v) is 12.2. The van der Waals surface area contributed by atoms with Gasteiger partial charge in [0.2, 0.25) is 0 Å². The summed E-state index contributed by atoms with van der Waals surface area (Å²) >= 11 is 0. The fourth-order valence-electron chi connectivity index (χ4n) is 5.07. The third-order valence-corrected chi connectivity index (χ3v) is 6.93. The molecule has 27 heavy (non-hydrogen) atoms. The van der Waals surface area contributed by atoms with Gasteiger partial charge in [0, 0.05) is 0 Å². The second-order valence-electron chi connectivity index (χ2n) is 9.21. The fraction of sp³-hybridized carbons (Fsp3) is 0.778. The van der Waals surface area contributed by atoms with Gasteiger partial charge >= 0.3 is 0 Å². The molecule has 0 aromatic carbocycles. The first-order chi connectivity index (χ1) is 13.3. The molecule has 2 aliphatic rings. The standard InChI is InChI=1S/C27H44/c1-3-5-6-9-13-25-20-22-27(23-21-25)15-11-8-7-10-14-26-18-16-24(12-4-2)17-19-26/h10-11,14-15,24-27H,3-6,9,12-13,16-23H2,1-2H3/t24-,25-,26-,27-. The van der Waals surface area contributed by atoms with Gasteiger partial charge in [-0.15, -0.1) is 0 Å². The van der Waals surface area contributed by atoms with Gasteiger partial charge in [-0.1, -0.05) is 82.8 Å². The van der Waals surface area contributed by atoms with Crippen molar-refractivity contribution in [3.63, 3.8) is 0 Å². The highest BCUT2D eigenvalue weighted by atomic mass is 14.2. The first-order valence-electron chi connectivity index (χ1n) is 12.2. The highest BCUT2D eigenvalue weighted by Gasteiger charge is 2.19. The van der Waals surface area contributed by atoms with Crippen LogP contribution in [0.3, 0.4) is 0 Å². The van der Waals surface area contributed by atoms with Gasteiger partial charge in [-0.3, -0.25) is 0 Å². The smallest absolute Gasteiger partial charge is 0.0153 e. The van der Waals surface area contributed by atoms with Crippen molar-refractivity contribution < 1.29 is 0 Å². The highest BCUT2D eigenvalue weighted by molar-refractivity contribution is 5.24. The predicted molar refractivity (Wildman–Crippen MR) is 121 cm³/mol. The van der Waals surface area contributed by atoms with E-state index >= 15 is 0 Å². The van der Waals surface area contributed by atoms with Crippen LogP contribution < -0.4 is 0 Å². The van der Waals surface area contributed by atoms with E-state index in [2.05, 4.69) is 50.0 Å². The Morgan fingerprint density at radius 3 is 1.59 bits per heavy atom. The molecule has 2 fully saturated rings. The number of hydrogen-bond acceptors (Lipinski definition) is 0. The maximum Gasteiger partial charge on any atom is -0.0153 e. The minimum absolute atomic E-state index is 0.781. The molecule has 0 bridgehead atoms. The molecule has 0 nitrogen and oxygen atoms in total. The lowest BCUT2D eigenvalue weighted by Gasteiger charge is -2.26. The largest absolute Gasteiger partial charge is 0.0730 e. The van der Waals surface area contributed by atoms with Gasteiger partial charge in [0.05, 0.1) is 0 Å². The minimum Gasteiger partial charge on any atom is -0.0730 e. The van der Waals surface area contributed by atoms with Crippen molar-refractivity contribution in [2.75, 3.05) is 0 Å². The molecule has 2 aliphatic carbocycles. The summed E-state index contributed by atoms with van der Waals surface area (Å²) in [6.07, 6.45) is 30.2. The number of hydrogen-bond donors (Lipinski definition) is 0. The van der Waals surface area contributed by atoms with Crippen LogP contribution in [-0.2, 0) is 0 Å². The summed E-state index contributed by atoms with van der Waals surface area (Å²) < 4.78 is 0.